The zero-order valence-corrected chi connectivity index (χ0v) is 12.8. The van der Waals surface area contributed by atoms with E-state index in [1.54, 1.807) is 0 Å². The van der Waals surface area contributed by atoms with Crippen molar-refractivity contribution >= 4 is 6.01 Å². The van der Waals surface area contributed by atoms with Gasteiger partial charge in [-0.05, 0) is 38.3 Å². The molecular weight excluding hydrogens is 264 g/mol. The molecule has 0 aliphatic heterocycles. The van der Waals surface area contributed by atoms with E-state index in [0.717, 1.165) is 25.8 Å². The maximum atomic E-state index is 5.56. The van der Waals surface area contributed by atoms with Crippen molar-refractivity contribution in [3.05, 3.63) is 41.8 Å². The number of hydrogen-bond acceptors (Lipinski definition) is 5. The highest BCUT2D eigenvalue weighted by Crippen LogP contribution is 2.11. The van der Waals surface area contributed by atoms with Gasteiger partial charge in [-0.15, -0.1) is 5.10 Å². The molecule has 0 saturated carbocycles. The molecule has 0 spiro atoms. The number of nitrogens with zero attached hydrogens (tertiary/aromatic N) is 2. The summed E-state index contributed by atoms with van der Waals surface area (Å²) in [6, 6.07) is 11.3. The number of rotatable bonds is 9. The standard InChI is InChI=1S/C16H24N4O/c1-3-11-17-12-15-19-20-16(21-15)18-13(2)9-10-14-7-5-4-6-8-14/h4-8,13,17H,3,9-12H2,1-2H3,(H,18,20). The summed E-state index contributed by atoms with van der Waals surface area (Å²) in [6.45, 7) is 5.84. The SMILES string of the molecule is CCCNCc1nnc(NC(C)CCc2ccccc2)o1. The molecule has 0 aliphatic rings. The molecule has 1 heterocycles. The topological polar surface area (TPSA) is 63.0 Å². The molecule has 1 atom stereocenters. The first-order valence-corrected chi connectivity index (χ1v) is 7.61. The van der Waals surface area contributed by atoms with Crippen LogP contribution in [-0.2, 0) is 13.0 Å². The maximum Gasteiger partial charge on any atom is 0.315 e. The van der Waals surface area contributed by atoms with Crippen LogP contribution in [0.5, 0.6) is 0 Å². The van der Waals surface area contributed by atoms with Crippen LogP contribution >= 0.6 is 0 Å². The summed E-state index contributed by atoms with van der Waals surface area (Å²) >= 11 is 0. The molecular formula is C16H24N4O. The first-order valence-electron chi connectivity index (χ1n) is 7.61. The minimum atomic E-state index is 0.294. The summed E-state index contributed by atoms with van der Waals surface area (Å²) < 4.78 is 5.56. The smallest absolute Gasteiger partial charge is 0.315 e. The van der Waals surface area contributed by atoms with Crippen molar-refractivity contribution in [1.29, 1.82) is 0 Å². The Kier molecular flexibility index (Phi) is 6.22. The Morgan fingerprint density at radius 2 is 2.00 bits per heavy atom. The van der Waals surface area contributed by atoms with Crippen molar-refractivity contribution < 1.29 is 4.42 Å². The molecule has 0 aliphatic carbocycles. The Hall–Kier alpha value is -1.88. The van der Waals surface area contributed by atoms with Crippen molar-refractivity contribution in [2.75, 3.05) is 11.9 Å². The highest BCUT2D eigenvalue weighted by atomic mass is 16.4. The zero-order valence-electron chi connectivity index (χ0n) is 12.8. The summed E-state index contributed by atoms with van der Waals surface area (Å²) in [6.07, 6.45) is 3.15. The van der Waals surface area contributed by atoms with Gasteiger partial charge < -0.3 is 15.1 Å². The summed E-state index contributed by atoms with van der Waals surface area (Å²) in [5.74, 6) is 0.626. The molecule has 0 saturated heterocycles. The maximum absolute atomic E-state index is 5.56. The van der Waals surface area contributed by atoms with Crippen LogP contribution in [0.1, 0.15) is 38.1 Å². The van der Waals surface area contributed by atoms with E-state index in [-0.39, 0.29) is 0 Å². The van der Waals surface area contributed by atoms with Gasteiger partial charge in [0.05, 0.1) is 6.54 Å². The molecule has 1 aromatic carbocycles. The second-order valence-electron chi connectivity index (χ2n) is 5.25. The van der Waals surface area contributed by atoms with Crippen molar-refractivity contribution in [3.8, 4) is 0 Å². The number of anilines is 1. The summed E-state index contributed by atoms with van der Waals surface area (Å²) in [7, 11) is 0. The van der Waals surface area contributed by atoms with Gasteiger partial charge in [0.15, 0.2) is 0 Å². The van der Waals surface area contributed by atoms with Crippen LogP contribution in [0, 0.1) is 0 Å². The van der Waals surface area contributed by atoms with Gasteiger partial charge in [0.2, 0.25) is 5.89 Å². The molecule has 0 radical (unpaired) electrons. The lowest BCUT2D eigenvalue weighted by Gasteiger charge is -2.11. The van der Waals surface area contributed by atoms with Gasteiger partial charge in [-0.25, -0.2) is 0 Å². The normalized spacial score (nSPS) is 12.3. The molecule has 0 amide bonds. The monoisotopic (exact) mass is 288 g/mol. The fraction of sp³-hybridized carbons (Fsp3) is 0.500. The van der Waals surface area contributed by atoms with Crippen molar-refractivity contribution in [3.63, 3.8) is 0 Å². The number of aryl methyl sites for hydroxylation is 1. The molecule has 5 heteroatoms. The van der Waals surface area contributed by atoms with E-state index >= 15 is 0 Å². The van der Waals surface area contributed by atoms with E-state index in [1.807, 2.05) is 6.07 Å². The van der Waals surface area contributed by atoms with Crippen LogP contribution in [0.3, 0.4) is 0 Å². The number of nitrogens with one attached hydrogen (secondary N) is 2. The van der Waals surface area contributed by atoms with Crippen molar-refractivity contribution in [2.24, 2.45) is 0 Å². The second kappa shape index (κ2) is 8.42. The molecule has 21 heavy (non-hydrogen) atoms. The number of hydrogen-bond donors (Lipinski definition) is 2. The fourth-order valence-electron chi connectivity index (χ4n) is 2.07. The van der Waals surface area contributed by atoms with Crippen LogP contribution < -0.4 is 10.6 Å². The van der Waals surface area contributed by atoms with E-state index in [4.69, 9.17) is 4.42 Å². The van der Waals surface area contributed by atoms with E-state index in [0.29, 0.717) is 24.5 Å². The number of aromatic nitrogens is 2. The second-order valence-corrected chi connectivity index (χ2v) is 5.25. The third kappa shape index (κ3) is 5.55. The Labute approximate surface area is 126 Å². The lowest BCUT2D eigenvalue weighted by atomic mass is 10.1. The molecule has 2 aromatic rings. The van der Waals surface area contributed by atoms with Crippen LogP contribution in [0.25, 0.3) is 0 Å². The summed E-state index contributed by atoms with van der Waals surface area (Å²) in [5.41, 5.74) is 1.35. The first kappa shape index (κ1) is 15.5. The average molecular weight is 288 g/mol. The molecule has 0 bridgehead atoms. The fourth-order valence-corrected chi connectivity index (χ4v) is 2.07. The number of benzene rings is 1. The summed E-state index contributed by atoms with van der Waals surface area (Å²) in [5, 5.41) is 14.5. The van der Waals surface area contributed by atoms with Crippen LogP contribution in [0.15, 0.2) is 34.7 Å². The predicted octanol–water partition coefficient (Wildman–Crippen LogP) is 3.00. The minimum absolute atomic E-state index is 0.294. The highest BCUT2D eigenvalue weighted by Gasteiger charge is 2.09. The van der Waals surface area contributed by atoms with Gasteiger partial charge in [0.1, 0.15) is 0 Å². The average Bonchev–Trinajstić information content (AvgIpc) is 2.94. The molecule has 2 N–H and O–H groups in total. The molecule has 5 nitrogen and oxygen atoms in total. The van der Waals surface area contributed by atoms with Crippen LogP contribution in [0.4, 0.5) is 6.01 Å². The van der Waals surface area contributed by atoms with Crippen molar-refractivity contribution in [1.82, 2.24) is 15.5 Å². The lowest BCUT2D eigenvalue weighted by molar-refractivity contribution is 0.472. The van der Waals surface area contributed by atoms with Gasteiger partial charge in [0, 0.05) is 6.04 Å². The van der Waals surface area contributed by atoms with Crippen LogP contribution in [-0.4, -0.2) is 22.8 Å². The Morgan fingerprint density at radius 3 is 2.76 bits per heavy atom. The highest BCUT2D eigenvalue weighted by molar-refractivity contribution is 5.20. The third-order valence-electron chi connectivity index (χ3n) is 3.25. The van der Waals surface area contributed by atoms with Crippen molar-refractivity contribution in [2.45, 2.75) is 45.7 Å². The van der Waals surface area contributed by atoms with Gasteiger partial charge in [-0.1, -0.05) is 42.4 Å². The van der Waals surface area contributed by atoms with Gasteiger partial charge in [-0.3, -0.25) is 0 Å². The quantitative estimate of drug-likeness (QED) is 0.694. The lowest BCUT2D eigenvalue weighted by Crippen LogP contribution is -2.16. The molecule has 114 valence electrons. The van der Waals surface area contributed by atoms with Crippen LogP contribution in [0.2, 0.25) is 0 Å². The van der Waals surface area contributed by atoms with E-state index in [9.17, 15) is 0 Å². The van der Waals surface area contributed by atoms with Gasteiger partial charge >= 0.3 is 6.01 Å². The molecule has 1 unspecified atom stereocenters. The predicted molar refractivity (Wildman–Crippen MR) is 84.1 cm³/mol. The molecule has 1 aromatic heterocycles. The Morgan fingerprint density at radius 1 is 1.19 bits per heavy atom. The summed E-state index contributed by atoms with van der Waals surface area (Å²) in [4.78, 5) is 0. The van der Waals surface area contributed by atoms with Gasteiger partial charge in [0.25, 0.3) is 0 Å². The molecule has 0 fully saturated rings. The third-order valence-corrected chi connectivity index (χ3v) is 3.25. The first-order chi connectivity index (χ1) is 10.3. The van der Waals surface area contributed by atoms with E-state index in [1.165, 1.54) is 5.56 Å². The molecule has 2 rings (SSSR count). The van der Waals surface area contributed by atoms with E-state index in [2.05, 4.69) is 58.9 Å². The van der Waals surface area contributed by atoms with Gasteiger partial charge in [-0.2, -0.15) is 0 Å². The minimum Gasteiger partial charge on any atom is -0.407 e. The zero-order chi connectivity index (χ0) is 14.9. The Bertz CT molecular complexity index is 512. The Balaban J connectivity index is 1.73. The largest absolute Gasteiger partial charge is 0.407 e. The van der Waals surface area contributed by atoms with E-state index < -0.39 is 0 Å².